The van der Waals surface area contributed by atoms with E-state index in [1.165, 1.54) is 29.7 Å². The molecule has 0 aliphatic heterocycles. The summed E-state index contributed by atoms with van der Waals surface area (Å²) in [6.07, 6.45) is 1.63. The summed E-state index contributed by atoms with van der Waals surface area (Å²) < 4.78 is 28.4. The van der Waals surface area contributed by atoms with Gasteiger partial charge in [0.15, 0.2) is 5.78 Å². The van der Waals surface area contributed by atoms with Gasteiger partial charge in [0.1, 0.15) is 11.6 Å². The summed E-state index contributed by atoms with van der Waals surface area (Å²) in [4.78, 5) is 11.3. The summed E-state index contributed by atoms with van der Waals surface area (Å²) in [5, 5.41) is 0. The van der Waals surface area contributed by atoms with Crippen LogP contribution in [0.15, 0.2) is 36.5 Å². The summed E-state index contributed by atoms with van der Waals surface area (Å²) in [6.45, 7) is 1.43. The van der Waals surface area contributed by atoms with E-state index in [4.69, 9.17) is 0 Å². The third kappa shape index (κ3) is 2.25. The van der Waals surface area contributed by atoms with Crippen LogP contribution in [0.2, 0.25) is 0 Å². The number of Topliss-reactive ketones (excluding diaryl/α,β-unsaturated/α-hetero) is 1. The monoisotopic (exact) mass is 235 g/mol. The number of aromatic nitrogens is 1. The van der Waals surface area contributed by atoms with Crippen LogP contribution in [0.25, 0.3) is 0 Å². The standard InChI is InChI=1S/C13H11F2NO/c1-9(17)13-6-3-7-16(13)8-10-11(14)4-2-5-12(10)15/h2-7H,8H2,1H3. The molecule has 0 aliphatic rings. The molecule has 2 rings (SSSR count). The molecule has 2 aromatic rings. The van der Waals surface area contributed by atoms with Gasteiger partial charge >= 0.3 is 0 Å². The largest absolute Gasteiger partial charge is 0.340 e. The lowest BCUT2D eigenvalue weighted by atomic mass is 10.2. The normalized spacial score (nSPS) is 10.5. The number of halogens is 2. The Kier molecular flexibility index (Phi) is 3.04. The lowest BCUT2D eigenvalue weighted by molar-refractivity contribution is 0.100. The van der Waals surface area contributed by atoms with Crippen molar-refractivity contribution >= 4 is 5.78 Å². The SMILES string of the molecule is CC(=O)c1cccn1Cc1c(F)cccc1F. The van der Waals surface area contributed by atoms with Crippen LogP contribution in [-0.4, -0.2) is 10.4 Å². The second-order valence-electron chi connectivity index (χ2n) is 3.78. The Morgan fingerprint density at radius 3 is 2.41 bits per heavy atom. The predicted octanol–water partition coefficient (Wildman–Crippen LogP) is 3.02. The third-order valence-electron chi connectivity index (χ3n) is 2.58. The first-order valence-electron chi connectivity index (χ1n) is 5.18. The first-order chi connectivity index (χ1) is 8.09. The van der Waals surface area contributed by atoms with E-state index in [9.17, 15) is 13.6 Å². The molecule has 0 spiro atoms. The fourth-order valence-corrected chi connectivity index (χ4v) is 1.73. The number of hydrogen-bond acceptors (Lipinski definition) is 1. The highest BCUT2D eigenvalue weighted by Gasteiger charge is 2.12. The van der Waals surface area contributed by atoms with E-state index in [1.54, 1.807) is 18.3 Å². The van der Waals surface area contributed by atoms with Crippen molar-refractivity contribution in [3.05, 3.63) is 59.4 Å². The van der Waals surface area contributed by atoms with Gasteiger partial charge in [-0.3, -0.25) is 4.79 Å². The van der Waals surface area contributed by atoms with E-state index in [-0.39, 0.29) is 17.9 Å². The highest BCUT2D eigenvalue weighted by Crippen LogP contribution is 2.15. The van der Waals surface area contributed by atoms with Crippen molar-refractivity contribution in [1.82, 2.24) is 4.57 Å². The van der Waals surface area contributed by atoms with Crippen molar-refractivity contribution in [3.63, 3.8) is 0 Å². The zero-order chi connectivity index (χ0) is 12.4. The predicted molar refractivity (Wildman–Crippen MR) is 59.9 cm³/mol. The number of rotatable bonds is 3. The smallest absolute Gasteiger partial charge is 0.176 e. The summed E-state index contributed by atoms with van der Waals surface area (Å²) in [5.41, 5.74) is 0.402. The first-order valence-corrected chi connectivity index (χ1v) is 5.18. The highest BCUT2D eigenvalue weighted by molar-refractivity contribution is 5.92. The molecule has 0 unspecified atom stereocenters. The van der Waals surface area contributed by atoms with E-state index < -0.39 is 11.6 Å². The molecule has 17 heavy (non-hydrogen) atoms. The van der Waals surface area contributed by atoms with Crippen LogP contribution in [0.4, 0.5) is 8.78 Å². The molecule has 0 fully saturated rings. The van der Waals surface area contributed by atoms with E-state index in [0.717, 1.165) is 0 Å². The van der Waals surface area contributed by atoms with Gasteiger partial charge in [-0.05, 0) is 24.3 Å². The summed E-state index contributed by atoms with van der Waals surface area (Å²) in [6, 6.07) is 7.02. The van der Waals surface area contributed by atoms with Gasteiger partial charge in [0.05, 0.1) is 12.2 Å². The minimum atomic E-state index is -0.604. The average molecular weight is 235 g/mol. The minimum absolute atomic E-state index is 0.0143. The van der Waals surface area contributed by atoms with Crippen LogP contribution < -0.4 is 0 Å². The van der Waals surface area contributed by atoms with E-state index in [1.807, 2.05) is 0 Å². The van der Waals surface area contributed by atoms with Crippen molar-refractivity contribution in [2.75, 3.05) is 0 Å². The maximum absolute atomic E-state index is 13.4. The Bertz CT molecular complexity index is 540. The molecular formula is C13H11F2NO. The van der Waals surface area contributed by atoms with Gasteiger partial charge in [-0.2, -0.15) is 0 Å². The Morgan fingerprint density at radius 1 is 1.18 bits per heavy atom. The van der Waals surface area contributed by atoms with E-state index in [2.05, 4.69) is 0 Å². The Labute approximate surface area is 97.5 Å². The molecule has 0 radical (unpaired) electrons. The van der Waals surface area contributed by atoms with Crippen LogP contribution in [0.5, 0.6) is 0 Å². The quantitative estimate of drug-likeness (QED) is 0.749. The molecule has 0 saturated heterocycles. The average Bonchev–Trinajstić information content (AvgIpc) is 2.72. The van der Waals surface area contributed by atoms with Gasteiger partial charge in [0.2, 0.25) is 0 Å². The number of ketones is 1. The molecule has 1 heterocycles. The topological polar surface area (TPSA) is 22.0 Å². The van der Waals surface area contributed by atoms with Crippen LogP contribution in [0.3, 0.4) is 0 Å². The molecular weight excluding hydrogens is 224 g/mol. The molecule has 0 bridgehead atoms. The molecule has 1 aromatic carbocycles. The van der Waals surface area contributed by atoms with Gasteiger partial charge in [0, 0.05) is 18.7 Å². The van der Waals surface area contributed by atoms with Crippen LogP contribution in [-0.2, 0) is 6.54 Å². The van der Waals surface area contributed by atoms with Crippen molar-refractivity contribution in [2.45, 2.75) is 13.5 Å². The Balaban J connectivity index is 2.38. The van der Waals surface area contributed by atoms with Gasteiger partial charge < -0.3 is 4.57 Å². The van der Waals surface area contributed by atoms with Crippen LogP contribution >= 0.6 is 0 Å². The first kappa shape index (κ1) is 11.5. The zero-order valence-electron chi connectivity index (χ0n) is 9.28. The van der Waals surface area contributed by atoms with Crippen molar-refractivity contribution in [1.29, 1.82) is 0 Å². The summed E-state index contributed by atoms with van der Waals surface area (Å²) in [7, 11) is 0. The molecule has 0 N–H and O–H groups in total. The van der Waals surface area contributed by atoms with E-state index in [0.29, 0.717) is 5.69 Å². The van der Waals surface area contributed by atoms with Crippen LogP contribution in [0, 0.1) is 11.6 Å². The number of hydrogen-bond donors (Lipinski definition) is 0. The van der Waals surface area contributed by atoms with Gasteiger partial charge in [-0.25, -0.2) is 8.78 Å². The number of nitrogens with zero attached hydrogens (tertiary/aromatic N) is 1. The fraction of sp³-hybridized carbons (Fsp3) is 0.154. The number of carbonyl (C=O) groups excluding carboxylic acids is 1. The molecule has 88 valence electrons. The lowest BCUT2D eigenvalue weighted by Gasteiger charge is -2.09. The second-order valence-corrected chi connectivity index (χ2v) is 3.78. The maximum atomic E-state index is 13.4. The van der Waals surface area contributed by atoms with E-state index >= 15 is 0 Å². The number of benzene rings is 1. The lowest BCUT2D eigenvalue weighted by Crippen LogP contribution is -2.09. The third-order valence-corrected chi connectivity index (χ3v) is 2.58. The Hall–Kier alpha value is -1.97. The van der Waals surface area contributed by atoms with Gasteiger partial charge in [-0.1, -0.05) is 6.07 Å². The fourth-order valence-electron chi connectivity index (χ4n) is 1.73. The molecule has 1 aromatic heterocycles. The van der Waals surface area contributed by atoms with Crippen molar-refractivity contribution in [2.24, 2.45) is 0 Å². The van der Waals surface area contributed by atoms with Gasteiger partial charge in [-0.15, -0.1) is 0 Å². The summed E-state index contributed by atoms with van der Waals surface area (Å²) >= 11 is 0. The molecule has 0 atom stereocenters. The summed E-state index contributed by atoms with van der Waals surface area (Å²) in [5.74, 6) is -1.34. The van der Waals surface area contributed by atoms with Crippen LogP contribution in [0.1, 0.15) is 23.0 Å². The van der Waals surface area contributed by atoms with Crippen molar-refractivity contribution < 1.29 is 13.6 Å². The maximum Gasteiger partial charge on any atom is 0.176 e. The highest BCUT2D eigenvalue weighted by atomic mass is 19.1. The second kappa shape index (κ2) is 4.49. The molecule has 0 aliphatic carbocycles. The molecule has 0 saturated carbocycles. The minimum Gasteiger partial charge on any atom is -0.340 e. The van der Waals surface area contributed by atoms with Gasteiger partial charge in [0.25, 0.3) is 0 Å². The zero-order valence-corrected chi connectivity index (χ0v) is 9.28. The van der Waals surface area contributed by atoms with Crippen molar-refractivity contribution in [3.8, 4) is 0 Å². The Morgan fingerprint density at radius 2 is 1.82 bits per heavy atom. The molecule has 0 amide bonds. The number of carbonyl (C=O) groups is 1. The molecule has 2 nitrogen and oxygen atoms in total. The molecule has 4 heteroatoms.